The molecule has 7 heteroatoms. The van der Waals surface area contributed by atoms with Gasteiger partial charge in [-0.15, -0.1) is 0 Å². The average molecular weight is 409 g/mol. The molecule has 1 heterocycles. The quantitative estimate of drug-likeness (QED) is 0.610. The molecule has 0 saturated heterocycles. The lowest BCUT2D eigenvalue weighted by Crippen LogP contribution is -2.44. The van der Waals surface area contributed by atoms with Gasteiger partial charge in [0.05, 0.1) is 5.69 Å². The molecule has 1 unspecified atom stereocenters. The largest absolute Gasteiger partial charge is 0.352 e. The van der Waals surface area contributed by atoms with Gasteiger partial charge in [0.25, 0.3) is 0 Å². The summed E-state index contributed by atoms with van der Waals surface area (Å²) in [7, 11) is 0. The Hall–Kier alpha value is -3.48. The van der Waals surface area contributed by atoms with Gasteiger partial charge in [-0.05, 0) is 49.9 Å². The minimum Gasteiger partial charge on any atom is -0.352 e. The molecule has 3 aromatic rings. The maximum Gasteiger partial charge on any atom is 0.320 e. The van der Waals surface area contributed by atoms with Crippen molar-refractivity contribution >= 4 is 5.91 Å². The second kappa shape index (κ2) is 9.35. The molecule has 1 N–H and O–H groups in total. The molecule has 30 heavy (non-hydrogen) atoms. The van der Waals surface area contributed by atoms with Crippen molar-refractivity contribution in [2.24, 2.45) is 0 Å². The Kier molecular flexibility index (Phi) is 6.61. The normalized spacial score (nSPS) is 11.8. The van der Waals surface area contributed by atoms with Crippen LogP contribution >= 0.6 is 0 Å². The van der Waals surface area contributed by atoms with Gasteiger partial charge >= 0.3 is 11.1 Å². The van der Waals surface area contributed by atoms with Crippen molar-refractivity contribution in [3.63, 3.8) is 0 Å². The average Bonchev–Trinajstić information content (AvgIpc) is 2.73. The molecule has 1 amide bonds. The van der Waals surface area contributed by atoms with E-state index in [-0.39, 0.29) is 18.5 Å². The Morgan fingerprint density at radius 3 is 2.53 bits per heavy atom. The number of carbonyl (C=O) groups is 1. The van der Waals surface area contributed by atoms with Crippen LogP contribution in [-0.4, -0.2) is 21.1 Å². The third-order valence-electron chi connectivity index (χ3n) is 4.92. The Labute approximate surface area is 173 Å². The number of aromatic nitrogens is 2. The SMILES string of the molecule is Cc1ccc(F)cc1-n1ccn(CC(=O)NC(C)CCc2ccccc2)c(=O)c1=O. The van der Waals surface area contributed by atoms with Crippen molar-refractivity contribution in [1.29, 1.82) is 0 Å². The van der Waals surface area contributed by atoms with E-state index in [0.717, 1.165) is 22.0 Å². The number of hydrogen-bond acceptors (Lipinski definition) is 3. The summed E-state index contributed by atoms with van der Waals surface area (Å²) in [6.45, 7) is 3.36. The highest BCUT2D eigenvalue weighted by Gasteiger charge is 2.13. The molecule has 1 aromatic heterocycles. The maximum absolute atomic E-state index is 13.6. The summed E-state index contributed by atoms with van der Waals surface area (Å²) in [5, 5.41) is 2.85. The van der Waals surface area contributed by atoms with Crippen molar-refractivity contribution < 1.29 is 9.18 Å². The van der Waals surface area contributed by atoms with Gasteiger partial charge in [0.15, 0.2) is 0 Å². The summed E-state index contributed by atoms with van der Waals surface area (Å²) in [6.07, 6.45) is 4.32. The summed E-state index contributed by atoms with van der Waals surface area (Å²) >= 11 is 0. The number of nitrogens with zero attached hydrogens (tertiary/aromatic N) is 2. The van der Waals surface area contributed by atoms with Gasteiger partial charge in [-0.1, -0.05) is 36.4 Å². The molecule has 0 aliphatic carbocycles. The molecule has 156 valence electrons. The molecule has 0 spiro atoms. The van der Waals surface area contributed by atoms with Crippen LogP contribution in [0.5, 0.6) is 0 Å². The van der Waals surface area contributed by atoms with Crippen LogP contribution in [0.25, 0.3) is 5.69 Å². The smallest absolute Gasteiger partial charge is 0.320 e. The van der Waals surface area contributed by atoms with Crippen LogP contribution in [0.1, 0.15) is 24.5 Å². The van der Waals surface area contributed by atoms with E-state index >= 15 is 0 Å². The fourth-order valence-corrected chi connectivity index (χ4v) is 3.24. The first-order valence-electron chi connectivity index (χ1n) is 9.77. The number of nitrogens with one attached hydrogen (secondary N) is 1. The highest BCUT2D eigenvalue weighted by Crippen LogP contribution is 2.13. The number of rotatable bonds is 7. The van der Waals surface area contributed by atoms with E-state index in [2.05, 4.69) is 5.32 Å². The van der Waals surface area contributed by atoms with E-state index in [9.17, 15) is 18.8 Å². The third-order valence-corrected chi connectivity index (χ3v) is 4.92. The second-order valence-corrected chi connectivity index (χ2v) is 7.33. The number of carbonyl (C=O) groups excluding carboxylic acids is 1. The lowest BCUT2D eigenvalue weighted by molar-refractivity contribution is -0.122. The lowest BCUT2D eigenvalue weighted by atomic mass is 10.1. The van der Waals surface area contributed by atoms with Crippen LogP contribution in [0.3, 0.4) is 0 Å². The van der Waals surface area contributed by atoms with Crippen LogP contribution in [-0.2, 0) is 17.8 Å². The third kappa shape index (κ3) is 5.11. The molecular weight excluding hydrogens is 385 g/mol. The number of aryl methyl sites for hydroxylation is 2. The molecule has 0 aliphatic rings. The topological polar surface area (TPSA) is 73.1 Å². The predicted octanol–water partition coefficient (Wildman–Crippen LogP) is 2.58. The van der Waals surface area contributed by atoms with Crippen LogP contribution in [0, 0.1) is 12.7 Å². The maximum atomic E-state index is 13.6. The van der Waals surface area contributed by atoms with Crippen molar-refractivity contribution in [3.8, 4) is 5.69 Å². The first-order chi connectivity index (χ1) is 14.3. The molecular formula is C23H24FN3O3. The zero-order valence-corrected chi connectivity index (χ0v) is 17.0. The summed E-state index contributed by atoms with van der Waals surface area (Å²) < 4.78 is 15.7. The standard InChI is InChI=1S/C23H24FN3O3/c1-16-8-11-19(24)14-20(16)27-13-12-26(22(29)23(27)30)15-21(28)25-17(2)9-10-18-6-4-3-5-7-18/h3-8,11-14,17H,9-10,15H2,1-2H3,(H,25,28). The number of hydrogen-bond donors (Lipinski definition) is 1. The summed E-state index contributed by atoms with van der Waals surface area (Å²) in [6, 6.07) is 13.9. The highest BCUT2D eigenvalue weighted by molar-refractivity contribution is 5.76. The van der Waals surface area contributed by atoms with Crippen LogP contribution < -0.4 is 16.4 Å². The molecule has 1 atom stereocenters. The van der Waals surface area contributed by atoms with E-state index in [1.54, 1.807) is 6.92 Å². The second-order valence-electron chi connectivity index (χ2n) is 7.33. The molecule has 0 aliphatic heterocycles. The van der Waals surface area contributed by atoms with Crippen LogP contribution in [0.2, 0.25) is 0 Å². The van der Waals surface area contributed by atoms with Gasteiger partial charge in [0.2, 0.25) is 5.91 Å². The monoisotopic (exact) mass is 409 g/mol. The van der Waals surface area contributed by atoms with Gasteiger partial charge in [0, 0.05) is 18.4 Å². The molecule has 6 nitrogen and oxygen atoms in total. The van der Waals surface area contributed by atoms with Gasteiger partial charge < -0.3 is 5.32 Å². The predicted molar refractivity (Wildman–Crippen MR) is 113 cm³/mol. The zero-order chi connectivity index (χ0) is 21.7. The van der Waals surface area contributed by atoms with Gasteiger partial charge in [-0.25, -0.2) is 4.39 Å². The fourth-order valence-electron chi connectivity index (χ4n) is 3.24. The van der Waals surface area contributed by atoms with Gasteiger partial charge in [-0.3, -0.25) is 23.5 Å². The van der Waals surface area contributed by atoms with E-state index < -0.39 is 16.9 Å². The van der Waals surface area contributed by atoms with Gasteiger partial charge in [-0.2, -0.15) is 0 Å². The molecule has 0 radical (unpaired) electrons. The first-order valence-corrected chi connectivity index (χ1v) is 9.77. The Bertz CT molecular complexity index is 1150. The summed E-state index contributed by atoms with van der Waals surface area (Å²) in [5.74, 6) is -0.854. The van der Waals surface area contributed by atoms with Crippen molar-refractivity contribution in [3.05, 3.63) is 98.6 Å². The van der Waals surface area contributed by atoms with Crippen molar-refractivity contribution in [1.82, 2.24) is 14.5 Å². The Morgan fingerprint density at radius 2 is 1.80 bits per heavy atom. The van der Waals surface area contributed by atoms with E-state index in [4.69, 9.17) is 0 Å². The number of amides is 1. The van der Waals surface area contributed by atoms with E-state index in [1.807, 2.05) is 37.3 Å². The fraction of sp³-hybridized carbons (Fsp3) is 0.261. The molecule has 3 rings (SSSR count). The highest BCUT2D eigenvalue weighted by atomic mass is 19.1. The molecule has 0 fully saturated rings. The molecule has 0 saturated carbocycles. The first kappa shape index (κ1) is 21.2. The number of halogens is 1. The minimum atomic E-state index is -0.840. The molecule has 0 bridgehead atoms. The Morgan fingerprint density at radius 1 is 1.07 bits per heavy atom. The van der Waals surface area contributed by atoms with Crippen molar-refractivity contribution in [2.45, 2.75) is 39.3 Å². The molecule has 2 aromatic carbocycles. The van der Waals surface area contributed by atoms with Crippen LogP contribution in [0.15, 0.2) is 70.5 Å². The van der Waals surface area contributed by atoms with Crippen molar-refractivity contribution in [2.75, 3.05) is 0 Å². The number of benzene rings is 2. The Balaban J connectivity index is 1.67. The van der Waals surface area contributed by atoms with Crippen LogP contribution in [0.4, 0.5) is 4.39 Å². The van der Waals surface area contributed by atoms with E-state index in [0.29, 0.717) is 11.3 Å². The summed E-state index contributed by atoms with van der Waals surface area (Å²) in [4.78, 5) is 37.3. The lowest BCUT2D eigenvalue weighted by Gasteiger charge is -2.15. The zero-order valence-electron chi connectivity index (χ0n) is 17.0. The van der Waals surface area contributed by atoms with Gasteiger partial charge in [0.1, 0.15) is 12.4 Å². The summed E-state index contributed by atoms with van der Waals surface area (Å²) in [5.41, 5.74) is 0.458. The van der Waals surface area contributed by atoms with E-state index in [1.165, 1.54) is 36.2 Å². The minimum absolute atomic E-state index is 0.0799.